The summed E-state index contributed by atoms with van der Waals surface area (Å²) in [7, 11) is -0.976. The predicted molar refractivity (Wildman–Crippen MR) is 77.8 cm³/mol. The van der Waals surface area contributed by atoms with Crippen molar-refractivity contribution in [3.8, 4) is 0 Å². The van der Waals surface area contributed by atoms with Crippen LogP contribution in [0.25, 0.3) is 0 Å². The van der Waals surface area contributed by atoms with Crippen molar-refractivity contribution < 1.29 is 0 Å². The van der Waals surface area contributed by atoms with Gasteiger partial charge in [-0.25, -0.2) is 0 Å². The fourth-order valence-electron chi connectivity index (χ4n) is 1.45. The standard InChI is InChI=1S/C6H5.C4H11Si.2BrH.Sn/c1-2-4-6-5-3-1;1-5(2,3)4;;;/h1-5H;1H2,2-4H3;2*1H;/q;;;;+2/p-2. The Labute approximate surface area is 104 Å². The Morgan fingerprint density at radius 1 is 1.07 bits per heavy atom. The first kappa shape index (κ1) is 13.3. The van der Waals surface area contributed by atoms with Crippen LogP contribution in [-0.4, -0.2) is 22.0 Å². The molecule has 0 atom stereocenters. The molecule has 0 saturated heterocycles. The summed E-state index contributed by atoms with van der Waals surface area (Å²) in [5.74, 6) is 0. The van der Waals surface area contributed by atoms with Gasteiger partial charge in [-0.05, 0) is 0 Å². The van der Waals surface area contributed by atoms with Crippen molar-refractivity contribution in [2.24, 2.45) is 0 Å². The maximum absolute atomic E-state index is 3.99. The molecular formula is C10H16Br2SiSn. The zero-order valence-electron chi connectivity index (χ0n) is 8.85. The fraction of sp³-hybridized carbons (Fsp3) is 0.400. The van der Waals surface area contributed by atoms with E-state index in [1.165, 1.54) is 7.64 Å². The molecule has 1 aromatic rings. The quantitative estimate of drug-likeness (QED) is 0.621. The Morgan fingerprint density at radius 2 is 1.57 bits per heavy atom. The van der Waals surface area contributed by atoms with E-state index >= 15 is 0 Å². The molecule has 0 saturated carbocycles. The molecule has 0 aliphatic carbocycles. The van der Waals surface area contributed by atoms with E-state index in [0.717, 1.165) is 0 Å². The molecule has 0 heterocycles. The van der Waals surface area contributed by atoms with Crippen molar-refractivity contribution in [2.75, 3.05) is 0 Å². The third-order valence-corrected chi connectivity index (χ3v) is 37.1. The maximum atomic E-state index is 3.99. The van der Waals surface area contributed by atoms with Gasteiger partial charge in [0.15, 0.2) is 0 Å². The second-order valence-electron chi connectivity index (χ2n) is 4.81. The predicted octanol–water partition coefficient (Wildman–Crippen LogP) is 4.00. The summed E-state index contributed by atoms with van der Waals surface area (Å²) in [6.07, 6.45) is 0. The van der Waals surface area contributed by atoms with Crippen molar-refractivity contribution in [1.82, 2.24) is 0 Å². The molecule has 0 aliphatic rings. The molecule has 0 spiro atoms. The molecule has 0 radical (unpaired) electrons. The van der Waals surface area contributed by atoms with Gasteiger partial charge in [-0.3, -0.25) is 0 Å². The van der Waals surface area contributed by atoms with Gasteiger partial charge < -0.3 is 0 Å². The summed E-state index contributed by atoms with van der Waals surface area (Å²) < 4.78 is 2.91. The van der Waals surface area contributed by atoms with Crippen LogP contribution >= 0.6 is 25.4 Å². The van der Waals surface area contributed by atoms with E-state index in [4.69, 9.17) is 0 Å². The van der Waals surface area contributed by atoms with Gasteiger partial charge in [0.2, 0.25) is 0 Å². The van der Waals surface area contributed by atoms with E-state index in [1.54, 1.807) is 0 Å². The van der Waals surface area contributed by atoms with Gasteiger partial charge in [0.05, 0.1) is 0 Å². The molecule has 0 aromatic heterocycles. The van der Waals surface area contributed by atoms with Crippen molar-refractivity contribution in [1.29, 1.82) is 0 Å². The van der Waals surface area contributed by atoms with Crippen LogP contribution < -0.4 is 3.58 Å². The van der Waals surface area contributed by atoms with E-state index in [-0.39, 0.29) is 0 Å². The van der Waals surface area contributed by atoms with Gasteiger partial charge in [0, 0.05) is 0 Å². The van der Waals surface area contributed by atoms with Crippen molar-refractivity contribution in [3.05, 3.63) is 30.3 Å². The van der Waals surface area contributed by atoms with E-state index in [2.05, 4.69) is 75.4 Å². The van der Waals surface area contributed by atoms with Gasteiger partial charge in [-0.2, -0.15) is 0 Å². The van der Waals surface area contributed by atoms with Gasteiger partial charge in [-0.15, -0.1) is 0 Å². The fourth-order valence-corrected chi connectivity index (χ4v) is 55.5. The monoisotopic (exact) mass is 442 g/mol. The van der Waals surface area contributed by atoms with Gasteiger partial charge in [0.25, 0.3) is 0 Å². The summed E-state index contributed by atoms with van der Waals surface area (Å²) in [5, 5.41) is 0. The third kappa shape index (κ3) is 4.37. The molecule has 4 heteroatoms. The summed E-state index contributed by atoms with van der Waals surface area (Å²) in [5.41, 5.74) is 0. The van der Waals surface area contributed by atoms with Crippen LogP contribution in [0.15, 0.2) is 30.3 Å². The van der Waals surface area contributed by atoms with Crippen LogP contribution in [0.2, 0.25) is 23.7 Å². The Morgan fingerprint density at radius 3 is 2.00 bits per heavy atom. The molecule has 1 rings (SSSR count). The minimum atomic E-state index is -2.29. The van der Waals surface area contributed by atoms with Crippen LogP contribution in [0.1, 0.15) is 0 Å². The summed E-state index contributed by atoms with van der Waals surface area (Å²) in [6.45, 7) is 7.30. The first-order valence-corrected chi connectivity index (χ1v) is 24.7. The van der Waals surface area contributed by atoms with Crippen molar-refractivity contribution >= 4 is 51.0 Å². The van der Waals surface area contributed by atoms with E-state index in [0.29, 0.717) is 0 Å². The molecule has 0 amide bonds. The summed E-state index contributed by atoms with van der Waals surface area (Å²) in [4.78, 5) is 0. The van der Waals surface area contributed by atoms with E-state index < -0.39 is 22.0 Å². The van der Waals surface area contributed by atoms with Crippen LogP contribution in [0.3, 0.4) is 0 Å². The number of rotatable bonds is 3. The summed E-state index contributed by atoms with van der Waals surface area (Å²) in [6, 6.07) is 10.8. The average molecular weight is 443 g/mol. The normalized spacial score (nSPS) is 12.9. The molecule has 14 heavy (non-hydrogen) atoms. The van der Waals surface area contributed by atoms with E-state index in [1.807, 2.05) is 0 Å². The molecule has 1 aromatic carbocycles. The molecule has 0 unspecified atom stereocenters. The second kappa shape index (κ2) is 5.02. The molecule has 0 aliphatic heterocycles. The van der Waals surface area contributed by atoms with Crippen LogP contribution in [-0.2, 0) is 0 Å². The first-order chi connectivity index (χ1) is 6.31. The van der Waals surface area contributed by atoms with Crippen molar-refractivity contribution in [3.63, 3.8) is 0 Å². The molecule has 0 N–H and O–H groups in total. The van der Waals surface area contributed by atoms with Crippen LogP contribution in [0.4, 0.5) is 0 Å². The summed E-state index contributed by atoms with van der Waals surface area (Å²) >= 11 is 5.68. The van der Waals surface area contributed by atoms with Gasteiger partial charge >= 0.3 is 105 Å². The zero-order valence-corrected chi connectivity index (χ0v) is 15.9. The molecule has 0 fully saturated rings. The Kier molecular flexibility index (Phi) is 4.75. The number of hydrogen-bond acceptors (Lipinski definition) is 0. The van der Waals surface area contributed by atoms with Crippen LogP contribution in [0, 0.1) is 0 Å². The number of benzene rings is 1. The van der Waals surface area contributed by atoms with Crippen LogP contribution in [0.5, 0.6) is 0 Å². The molecule has 0 nitrogen and oxygen atoms in total. The Balaban J connectivity index is 2.86. The van der Waals surface area contributed by atoms with Gasteiger partial charge in [-0.1, -0.05) is 0 Å². The van der Waals surface area contributed by atoms with Crippen molar-refractivity contribution in [2.45, 2.75) is 23.7 Å². The third-order valence-electron chi connectivity index (χ3n) is 1.95. The molecule has 0 bridgehead atoms. The molecule has 78 valence electrons. The molecular weight excluding hydrogens is 427 g/mol. The van der Waals surface area contributed by atoms with E-state index in [9.17, 15) is 0 Å². The van der Waals surface area contributed by atoms with Gasteiger partial charge in [0.1, 0.15) is 0 Å². The Bertz CT molecular complexity index is 293. The zero-order chi connectivity index (χ0) is 10.8. The minimum absolute atomic E-state index is 0.976. The average Bonchev–Trinajstić information content (AvgIpc) is 2.01. The number of halogens is 2. The first-order valence-electron chi connectivity index (χ1n) is 4.75. The second-order valence-corrected chi connectivity index (χ2v) is 44.3. The topological polar surface area (TPSA) is 0 Å². The Hall–Kier alpha value is 1.20. The SMILES string of the molecule is C[Si](C)(C)[CH2][Sn]([Br])([Br])[c]1ccccc1. The number of hydrogen-bond donors (Lipinski definition) is 0.